The van der Waals surface area contributed by atoms with Gasteiger partial charge in [0.05, 0.1) is 10.9 Å². The summed E-state index contributed by atoms with van der Waals surface area (Å²) in [6.07, 6.45) is 2.19. The van der Waals surface area contributed by atoms with Crippen molar-refractivity contribution >= 4 is 11.5 Å². The second kappa shape index (κ2) is 3.71. The molecule has 1 aromatic carbocycles. The normalized spacial score (nSPS) is 10.2. The Kier molecular flexibility index (Phi) is 2.41. The van der Waals surface area contributed by atoms with Crippen LogP contribution in [0.25, 0.3) is 11.1 Å². The summed E-state index contributed by atoms with van der Waals surface area (Å²) in [6.45, 7) is 3.21. The Labute approximate surface area is 82.4 Å². The van der Waals surface area contributed by atoms with Gasteiger partial charge in [0, 0.05) is 0 Å². The van der Waals surface area contributed by atoms with Crippen LogP contribution in [0.15, 0.2) is 41.9 Å². The lowest BCUT2D eigenvalue weighted by molar-refractivity contribution is -0.624. The summed E-state index contributed by atoms with van der Waals surface area (Å²) in [7, 11) is 0. The molecule has 2 heteroatoms. The maximum Gasteiger partial charge on any atom is 0.191 e. The van der Waals surface area contributed by atoms with Crippen molar-refractivity contribution in [2.75, 3.05) is 0 Å². The van der Waals surface area contributed by atoms with Gasteiger partial charge in [0.15, 0.2) is 12.7 Å². The highest BCUT2D eigenvalue weighted by molar-refractivity contribution is 6.99. The molecule has 1 aromatic heterocycles. The van der Waals surface area contributed by atoms with Crippen LogP contribution in [0.1, 0.15) is 6.92 Å². The van der Waals surface area contributed by atoms with Crippen LogP contribution in [0.4, 0.5) is 0 Å². The van der Waals surface area contributed by atoms with E-state index in [0.29, 0.717) is 0 Å². The molecule has 0 radical (unpaired) electrons. The Morgan fingerprint density at radius 3 is 2.54 bits per heavy atom. The zero-order chi connectivity index (χ0) is 9.10. The van der Waals surface area contributed by atoms with Crippen LogP contribution in [-0.2, 0) is 6.54 Å². The predicted molar refractivity (Wildman–Crippen MR) is 55.6 cm³/mol. The summed E-state index contributed by atoms with van der Waals surface area (Å²) in [4.78, 5) is 0. The predicted octanol–water partition coefficient (Wildman–Crippen LogP) is 2.72. The van der Waals surface area contributed by atoms with Gasteiger partial charge in [0.25, 0.3) is 0 Å². The van der Waals surface area contributed by atoms with Crippen molar-refractivity contribution in [3.05, 3.63) is 41.9 Å². The van der Waals surface area contributed by atoms with Gasteiger partial charge < -0.3 is 0 Å². The molecule has 0 saturated carbocycles. The van der Waals surface area contributed by atoms with E-state index in [0.717, 1.165) is 6.54 Å². The smallest absolute Gasteiger partial charge is 0.141 e. The van der Waals surface area contributed by atoms with Crippen molar-refractivity contribution in [2.24, 2.45) is 0 Å². The summed E-state index contributed by atoms with van der Waals surface area (Å²) < 4.78 is 2.22. The minimum absolute atomic E-state index is 1.05. The molecule has 0 N–H and O–H groups in total. The molecule has 0 atom stereocenters. The van der Waals surface area contributed by atoms with Gasteiger partial charge in [-0.15, -0.1) is 3.96 Å². The molecule has 1 heterocycles. The fourth-order valence-electron chi connectivity index (χ4n) is 1.28. The third kappa shape index (κ3) is 1.78. The van der Waals surface area contributed by atoms with Crippen LogP contribution >= 0.6 is 11.5 Å². The first-order valence-corrected chi connectivity index (χ1v) is 5.27. The Balaban J connectivity index is 2.36. The number of hydrogen-bond donors (Lipinski definition) is 0. The molecule has 0 spiro atoms. The van der Waals surface area contributed by atoms with E-state index in [2.05, 4.69) is 46.7 Å². The zero-order valence-electron chi connectivity index (χ0n) is 7.60. The summed E-state index contributed by atoms with van der Waals surface area (Å²) in [6, 6.07) is 10.5. The van der Waals surface area contributed by atoms with E-state index >= 15 is 0 Å². The van der Waals surface area contributed by atoms with E-state index in [4.69, 9.17) is 0 Å². The number of rotatable bonds is 2. The van der Waals surface area contributed by atoms with E-state index in [9.17, 15) is 0 Å². The molecular formula is C11H12NS+. The number of benzene rings is 1. The number of aryl methyl sites for hydroxylation is 1. The second-order valence-electron chi connectivity index (χ2n) is 2.91. The van der Waals surface area contributed by atoms with Crippen molar-refractivity contribution in [3.8, 4) is 11.1 Å². The fourth-order valence-corrected chi connectivity index (χ4v) is 2.05. The maximum absolute atomic E-state index is 2.22. The molecule has 0 aliphatic heterocycles. The quantitative estimate of drug-likeness (QED) is 0.641. The zero-order valence-corrected chi connectivity index (χ0v) is 8.42. The highest BCUT2D eigenvalue weighted by atomic mass is 32.1. The van der Waals surface area contributed by atoms with Gasteiger partial charge >= 0.3 is 0 Å². The fraction of sp³-hybridized carbons (Fsp3) is 0.182. The molecule has 0 saturated heterocycles. The Morgan fingerprint density at radius 2 is 1.92 bits per heavy atom. The molecule has 0 bridgehead atoms. The highest BCUT2D eigenvalue weighted by Gasteiger charge is 2.05. The van der Waals surface area contributed by atoms with Crippen molar-refractivity contribution in [2.45, 2.75) is 13.5 Å². The molecular weight excluding hydrogens is 178 g/mol. The molecule has 0 fully saturated rings. The van der Waals surface area contributed by atoms with Gasteiger partial charge in [-0.1, -0.05) is 30.3 Å². The summed E-state index contributed by atoms with van der Waals surface area (Å²) in [5.41, 5.74) is 2.61. The minimum Gasteiger partial charge on any atom is -0.141 e. The van der Waals surface area contributed by atoms with Crippen molar-refractivity contribution < 1.29 is 3.96 Å². The Hall–Kier alpha value is -1.15. The van der Waals surface area contributed by atoms with Crippen molar-refractivity contribution in [3.63, 3.8) is 0 Å². The van der Waals surface area contributed by atoms with E-state index in [1.807, 2.05) is 6.07 Å². The maximum atomic E-state index is 2.22. The van der Waals surface area contributed by atoms with Gasteiger partial charge in [0.2, 0.25) is 0 Å². The third-order valence-electron chi connectivity index (χ3n) is 2.02. The monoisotopic (exact) mass is 190 g/mol. The molecule has 66 valence electrons. The third-order valence-corrected chi connectivity index (χ3v) is 3.01. The lowest BCUT2D eigenvalue weighted by Crippen LogP contribution is -2.24. The number of aromatic nitrogens is 1. The first-order valence-electron chi connectivity index (χ1n) is 4.44. The first-order chi connectivity index (χ1) is 6.40. The van der Waals surface area contributed by atoms with E-state index in [-0.39, 0.29) is 0 Å². The average Bonchev–Trinajstić information content (AvgIpc) is 2.67. The standard InChI is InChI=1S/C11H12NS/c1-2-12-8-11(9-13-12)10-6-4-3-5-7-10/h3-9H,2H2,1H3/q+1. The highest BCUT2D eigenvalue weighted by Crippen LogP contribution is 2.18. The van der Waals surface area contributed by atoms with E-state index in [1.54, 1.807) is 11.5 Å². The summed E-state index contributed by atoms with van der Waals surface area (Å²) in [5.74, 6) is 0. The van der Waals surface area contributed by atoms with Crippen LogP contribution < -0.4 is 3.96 Å². The summed E-state index contributed by atoms with van der Waals surface area (Å²) in [5, 5.41) is 2.19. The van der Waals surface area contributed by atoms with Crippen LogP contribution in [0, 0.1) is 0 Å². The van der Waals surface area contributed by atoms with Crippen LogP contribution in [0.2, 0.25) is 0 Å². The molecule has 0 amide bonds. The van der Waals surface area contributed by atoms with E-state index in [1.165, 1.54) is 11.1 Å². The van der Waals surface area contributed by atoms with Crippen LogP contribution in [0.3, 0.4) is 0 Å². The lowest BCUT2D eigenvalue weighted by atomic mass is 10.1. The molecule has 2 aromatic rings. The van der Waals surface area contributed by atoms with E-state index < -0.39 is 0 Å². The molecule has 0 aliphatic rings. The van der Waals surface area contributed by atoms with Crippen molar-refractivity contribution in [1.82, 2.24) is 0 Å². The topological polar surface area (TPSA) is 3.88 Å². The molecule has 1 nitrogen and oxygen atoms in total. The van der Waals surface area contributed by atoms with Gasteiger partial charge in [-0.05, 0) is 12.5 Å². The van der Waals surface area contributed by atoms with Gasteiger partial charge in [0.1, 0.15) is 11.5 Å². The SMILES string of the molecule is CC[n+]1cc(-c2ccccc2)cs1. The van der Waals surface area contributed by atoms with Crippen LogP contribution in [0.5, 0.6) is 0 Å². The van der Waals surface area contributed by atoms with Crippen molar-refractivity contribution in [1.29, 1.82) is 0 Å². The van der Waals surface area contributed by atoms with Gasteiger partial charge in [-0.25, -0.2) is 0 Å². The number of nitrogens with zero attached hydrogens (tertiary/aromatic N) is 1. The summed E-state index contributed by atoms with van der Waals surface area (Å²) >= 11 is 1.76. The average molecular weight is 190 g/mol. The van der Waals surface area contributed by atoms with Crippen LogP contribution in [-0.4, -0.2) is 0 Å². The lowest BCUT2D eigenvalue weighted by Gasteiger charge is -1.91. The van der Waals surface area contributed by atoms with Gasteiger partial charge in [-0.3, -0.25) is 0 Å². The van der Waals surface area contributed by atoms with Gasteiger partial charge in [-0.2, -0.15) is 0 Å². The minimum atomic E-state index is 1.05. The molecule has 0 unspecified atom stereocenters. The second-order valence-corrected chi connectivity index (χ2v) is 3.82. The number of hydrogen-bond acceptors (Lipinski definition) is 1. The first kappa shape index (κ1) is 8.45. The largest absolute Gasteiger partial charge is 0.191 e. The Morgan fingerprint density at radius 1 is 1.15 bits per heavy atom. The molecule has 2 rings (SSSR count). The Bertz CT molecular complexity index is 378. The molecule has 13 heavy (non-hydrogen) atoms. The molecule has 0 aliphatic carbocycles.